The van der Waals surface area contributed by atoms with E-state index in [-0.39, 0.29) is 24.3 Å². The Balaban J connectivity index is 1.58. The average molecular weight is 338 g/mol. The van der Waals surface area contributed by atoms with E-state index in [9.17, 15) is 4.79 Å². The molecule has 0 bridgehead atoms. The molecule has 4 heteroatoms. The van der Waals surface area contributed by atoms with Crippen LogP contribution in [0, 0.1) is 6.92 Å². The molecule has 4 atom stereocenters. The van der Waals surface area contributed by atoms with E-state index in [0.29, 0.717) is 12.2 Å². The smallest absolute Gasteiger partial charge is 0.338 e. The monoisotopic (exact) mass is 338 g/mol. The third-order valence-electron chi connectivity index (χ3n) is 5.14. The molecule has 0 unspecified atom stereocenters. The van der Waals surface area contributed by atoms with E-state index in [0.717, 1.165) is 17.5 Å². The first-order chi connectivity index (χ1) is 12.2. The molecule has 0 N–H and O–H groups in total. The van der Waals surface area contributed by atoms with E-state index >= 15 is 0 Å². The molecule has 2 aliphatic heterocycles. The predicted octanol–water partition coefficient (Wildman–Crippen LogP) is 3.97. The second kappa shape index (κ2) is 6.62. The Labute approximate surface area is 147 Å². The molecule has 1 saturated heterocycles. The lowest BCUT2D eigenvalue weighted by Gasteiger charge is -2.29. The minimum atomic E-state index is -0.392. The van der Waals surface area contributed by atoms with E-state index in [1.54, 1.807) is 6.07 Å². The fourth-order valence-electron chi connectivity index (χ4n) is 3.71. The van der Waals surface area contributed by atoms with Gasteiger partial charge in [0.15, 0.2) is 6.10 Å². The van der Waals surface area contributed by atoms with Crippen LogP contribution in [-0.2, 0) is 20.8 Å². The highest BCUT2D eigenvalue weighted by Gasteiger charge is 2.51. The van der Waals surface area contributed by atoms with Crippen LogP contribution >= 0.6 is 0 Å². The van der Waals surface area contributed by atoms with Crippen LogP contribution in [-0.4, -0.2) is 24.3 Å². The summed E-state index contributed by atoms with van der Waals surface area (Å²) in [5.41, 5.74) is 3.84. The Hall–Kier alpha value is -2.17. The zero-order chi connectivity index (χ0) is 17.4. The highest BCUT2D eigenvalue weighted by atomic mass is 16.6. The summed E-state index contributed by atoms with van der Waals surface area (Å²) in [6.45, 7) is 4.63. The highest BCUT2D eigenvalue weighted by molar-refractivity contribution is 5.92. The number of rotatable bonds is 4. The minimum absolute atomic E-state index is 0.0852. The number of hydrogen-bond acceptors (Lipinski definition) is 4. The lowest BCUT2D eigenvalue weighted by molar-refractivity contribution is -0.0579. The molecular formula is C21H22O4. The van der Waals surface area contributed by atoms with Crippen molar-refractivity contribution in [2.75, 3.05) is 0 Å². The van der Waals surface area contributed by atoms with Gasteiger partial charge in [0.2, 0.25) is 0 Å². The molecule has 130 valence electrons. The Morgan fingerprint density at radius 2 is 1.84 bits per heavy atom. The molecule has 25 heavy (non-hydrogen) atoms. The zero-order valence-corrected chi connectivity index (χ0v) is 14.5. The summed E-state index contributed by atoms with van der Waals surface area (Å²) in [6.07, 6.45) is -0.174. The summed E-state index contributed by atoms with van der Waals surface area (Å²) in [6, 6.07) is 15.7. The molecule has 0 aliphatic carbocycles. The van der Waals surface area contributed by atoms with Crippen LogP contribution < -0.4 is 0 Å². The van der Waals surface area contributed by atoms with Crippen molar-refractivity contribution in [2.45, 2.75) is 51.3 Å². The van der Waals surface area contributed by atoms with Crippen LogP contribution in [0.2, 0.25) is 0 Å². The number of carbonyl (C=O) groups excluding carboxylic acids is 1. The second-order valence-corrected chi connectivity index (χ2v) is 6.66. The van der Waals surface area contributed by atoms with Crippen LogP contribution in [0.5, 0.6) is 0 Å². The number of aryl methyl sites for hydroxylation is 1. The van der Waals surface area contributed by atoms with Crippen LogP contribution in [0.4, 0.5) is 0 Å². The van der Waals surface area contributed by atoms with Gasteiger partial charge in [0.05, 0.1) is 18.3 Å². The molecule has 0 saturated carbocycles. The van der Waals surface area contributed by atoms with Crippen LogP contribution in [0.3, 0.4) is 0 Å². The van der Waals surface area contributed by atoms with E-state index in [1.165, 1.54) is 5.56 Å². The molecule has 1 fully saturated rings. The fraction of sp³-hybridized carbons (Fsp3) is 0.381. The zero-order valence-electron chi connectivity index (χ0n) is 14.5. The van der Waals surface area contributed by atoms with Gasteiger partial charge in [-0.25, -0.2) is 4.79 Å². The molecule has 2 heterocycles. The molecule has 0 amide bonds. The van der Waals surface area contributed by atoms with Crippen molar-refractivity contribution in [2.24, 2.45) is 0 Å². The van der Waals surface area contributed by atoms with Crippen molar-refractivity contribution in [1.82, 2.24) is 0 Å². The summed E-state index contributed by atoms with van der Waals surface area (Å²) in [5.74, 6) is -0.290. The number of esters is 1. The molecule has 4 rings (SSSR count). The molecule has 0 spiro atoms. The first kappa shape index (κ1) is 16.3. The SMILES string of the molecule is CC[C@H]1O[C@@H]2c3ccccc3C(=O)O[C@@H]2[C@H]1OCc1ccccc1C. The van der Waals surface area contributed by atoms with E-state index in [1.807, 2.05) is 30.3 Å². The van der Waals surface area contributed by atoms with E-state index in [2.05, 4.69) is 26.0 Å². The minimum Gasteiger partial charge on any atom is -0.453 e. The van der Waals surface area contributed by atoms with Gasteiger partial charge in [-0.3, -0.25) is 0 Å². The number of benzene rings is 2. The summed E-state index contributed by atoms with van der Waals surface area (Å²) in [7, 11) is 0. The Morgan fingerprint density at radius 3 is 2.64 bits per heavy atom. The predicted molar refractivity (Wildman–Crippen MR) is 93.3 cm³/mol. The second-order valence-electron chi connectivity index (χ2n) is 6.66. The van der Waals surface area contributed by atoms with Gasteiger partial charge in [-0.2, -0.15) is 0 Å². The molecule has 4 nitrogen and oxygen atoms in total. The van der Waals surface area contributed by atoms with Crippen LogP contribution in [0.15, 0.2) is 48.5 Å². The molecule has 0 aromatic heterocycles. The first-order valence-electron chi connectivity index (χ1n) is 8.80. The third kappa shape index (κ3) is 2.86. The molecule has 2 aromatic rings. The number of ether oxygens (including phenoxy) is 3. The van der Waals surface area contributed by atoms with Gasteiger partial charge in [-0.05, 0) is 36.1 Å². The summed E-state index contributed by atoms with van der Waals surface area (Å²) < 4.78 is 18.1. The Bertz CT molecular complexity index is 785. The number of fused-ring (bicyclic) bond motifs is 3. The molecule has 2 aliphatic rings. The van der Waals surface area contributed by atoms with Gasteiger partial charge in [-0.15, -0.1) is 0 Å². The van der Waals surface area contributed by atoms with Gasteiger partial charge in [0.25, 0.3) is 0 Å². The molecular weight excluding hydrogens is 316 g/mol. The maximum atomic E-state index is 12.4. The maximum Gasteiger partial charge on any atom is 0.338 e. The number of carbonyl (C=O) groups is 1. The lowest BCUT2D eigenvalue weighted by atomic mass is 9.94. The van der Waals surface area contributed by atoms with Crippen molar-refractivity contribution >= 4 is 5.97 Å². The summed E-state index contributed by atoms with van der Waals surface area (Å²) in [4.78, 5) is 12.4. The highest BCUT2D eigenvalue weighted by Crippen LogP contribution is 2.43. The van der Waals surface area contributed by atoms with Crippen LogP contribution in [0.25, 0.3) is 0 Å². The maximum absolute atomic E-state index is 12.4. The summed E-state index contributed by atoms with van der Waals surface area (Å²) >= 11 is 0. The van der Waals surface area contributed by atoms with Gasteiger partial charge >= 0.3 is 5.97 Å². The van der Waals surface area contributed by atoms with Crippen LogP contribution in [0.1, 0.15) is 46.5 Å². The van der Waals surface area contributed by atoms with E-state index < -0.39 is 6.10 Å². The average Bonchev–Trinajstić information content (AvgIpc) is 2.99. The number of hydrogen-bond donors (Lipinski definition) is 0. The topological polar surface area (TPSA) is 44.8 Å². The largest absolute Gasteiger partial charge is 0.453 e. The van der Waals surface area contributed by atoms with Crippen molar-refractivity contribution in [3.05, 3.63) is 70.8 Å². The summed E-state index contributed by atoms with van der Waals surface area (Å²) in [5, 5.41) is 0. The third-order valence-corrected chi connectivity index (χ3v) is 5.14. The molecule has 2 aromatic carbocycles. The van der Waals surface area contributed by atoms with Crippen molar-refractivity contribution in [3.63, 3.8) is 0 Å². The van der Waals surface area contributed by atoms with E-state index in [4.69, 9.17) is 14.2 Å². The molecule has 0 radical (unpaired) electrons. The standard InChI is InChI=1S/C21H22O4/c1-3-17-19(23-12-14-9-5-4-8-13(14)2)20-18(24-17)15-10-6-7-11-16(15)21(22)25-20/h4-11,17-20H,3,12H2,1-2H3/t17-,18-,19+,20+/m1/s1. The fourth-order valence-corrected chi connectivity index (χ4v) is 3.71. The van der Waals surface area contributed by atoms with Crippen molar-refractivity contribution in [1.29, 1.82) is 0 Å². The first-order valence-corrected chi connectivity index (χ1v) is 8.80. The van der Waals surface area contributed by atoms with Gasteiger partial charge in [0, 0.05) is 0 Å². The quantitative estimate of drug-likeness (QED) is 0.791. The Morgan fingerprint density at radius 1 is 1.08 bits per heavy atom. The van der Waals surface area contributed by atoms with Gasteiger partial charge in [-0.1, -0.05) is 49.4 Å². The van der Waals surface area contributed by atoms with Crippen molar-refractivity contribution < 1.29 is 19.0 Å². The normalized spacial score (nSPS) is 27.5. The van der Waals surface area contributed by atoms with Crippen molar-refractivity contribution in [3.8, 4) is 0 Å². The van der Waals surface area contributed by atoms with Gasteiger partial charge in [0.1, 0.15) is 12.2 Å². The van der Waals surface area contributed by atoms with Gasteiger partial charge < -0.3 is 14.2 Å². The lowest BCUT2D eigenvalue weighted by Crippen LogP contribution is -2.39. The Kier molecular flexibility index (Phi) is 4.32.